The molecule has 0 aliphatic carbocycles. The van der Waals surface area contributed by atoms with Crippen LogP contribution >= 0.6 is 24.0 Å². The Morgan fingerprint density at radius 1 is 1.27 bits per heavy atom. The van der Waals surface area contributed by atoms with Gasteiger partial charge in [-0.2, -0.15) is 0 Å². The molecule has 0 bridgehead atoms. The molecule has 0 aromatic heterocycles. The van der Waals surface area contributed by atoms with Gasteiger partial charge in [0.2, 0.25) is 0 Å². The summed E-state index contributed by atoms with van der Waals surface area (Å²) in [5.41, 5.74) is 1.89. The molecular weight excluding hydrogens is 489 g/mol. The SMILES string of the molecule is CCNC(=NCCCN1CCCCC1C)NCCc1cccc(C(=O)N(C)C)c1.I. The summed E-state index contributed by atoms with van der Waals surface area (Å²) in [5, 5.41) is 6.74. The fourth-order valence-corrected chi connectivity index (χ4v) is 3.74. The van der Waals surface area contributed by atoms with Crippen LogP contribution in [0.15, 0.2) is 29.3 Å². The van der Waals surface area contributed by atoms with Gasteiger partial charge in [0.25, 0.3) is 5.91 Å². The predicted octanol–water partition coefficient (Wildman–Crippen LogP) is 3.37. The Bertz CT molecular complexity index is 665. The van der Waals surface area contributed by atoms with E-state index in [0.717, 1.165) is 56.1 Å². The zero-order chi connectivity index (χ0) is 21.1. The number of nitrogens with zero attached hydrogens (tertiary/aromatic N) is 3. The van der Waals surface area contributed by atoms with Crippen molar-refractivity contribution in [1.82, 2.24) is 20.4 Å². The van der Waals surface area contributed by atoms with Gasteiger partial charge in [0.1, 0.15) is 0 Å². The molecule has 7 heteroatoms. The molecule has 170 valence electrons. The molecule has 1 saturated heterocycles. The van der Waals surface area contributed by atoms with Crippen LogP contribution in [0, 0.1) is 0 Å². The van der Waals surface area contributed by atoms with E-state index in [0.29, 0.717) is 6.04 Å². The van der Waals surface area contributed by atoms with Crippen LogP contribution in [-0.4, -0.2) is 74.5 Å². The zero-order valence-electron chi connectivity index (χ0n) is 19.1. The topological polar surface area (TPSA) is 60.0 Å². The second-order valence-electron chi connectivity index (χ2n) is 8.07. The zero-order valence-corrected chi connectivity index (χ0v) is 21.4. The average Bonchev–Trinajstić information content (AvgIpc) is 2.72. The maximum absolute atomic E-state index is 12.1. The van der Waals surface area contributed by atoms with E-state index in [1.54, 1.807) is 19.0 Å². The first kappa shape index (κ1) is 26.7. The largest absolute Gasteiger partial charge is 0.357 e. The molecule has 1 aromatic carbocycles. The van der Waals surface area contributed by atoms with Crippen LogP contribution in [0.3, 0.4) is 0 Å². The number of benzene rings is 1. The van der Waals surface area contributed by atoms with Crippen LogP contribution in [-0.2, 0) is 6.42 Å². The molecule has 1 heterocycles. The Hall–Kier alpha value is -1.35. The number of amides is 1. The summed E-state index contributed by atoms with van der Waals surface area (Å²) in [7, 11) is 3.56. The minimum absolute atomic E-state index is 0. The monoisotopic (exact) mass is 529 g/mol. The number of guanidine groups is 1. The van der Waals surface area contributed by atoms with Crippen molar-refractivity contribution in [3.05, 3.63) is 35.4 Å². The molecule has 2 N–H and O–H groups in total. The van der Waals surface area contributed by atoms with Crippen LogP contribution in [0.25, 0.3) is 0 Å². The van der Waals surface area contributed by atoms with Gasteiger partial charge in [-0.05, 0) is 63.8 Å². The summed E-state index contributed by atoms with van der Waals surface area (Å²) < 4.78 is 0. The summed E-state index contributed by atoms with van der Waals surface area (Å²) >= 11 is 0. The van der Waals surface area contributed by atoms with Crippen molar-refractivity contribution < 1.29 is 4.79 Å². The summed E-state index contributed by atoms with van der Waals surface area (Å²) in [5.74, 6) is 0.914. The van der Waals surface area contributed by atoms with Crippen molar-refractivity contribution >= 4 is 35.8 Å². The minimum Gasteiger partial charge on any atom is -0.357 e. The van der Waals surface area contributed by atoms with Gasteiger partial charge >= 0.3 is 0 Å². The van der Waals surface area contributed by atoms with Crippen LogP contribution in [0.4, 0.5) is 0 Å². The number of carbonyl (C=O) groups excluding carboxylic acids is 1. The first-order chi connectivity index (χ1) is 14.0. The molecule has 0 radical (unpaired) electrons. The Balaban J connectivity index is 0.00000450. The molecule has 0 saturated carbocycles. The highest BCUT2D eigenvalue weighted by Gasteiger charge is 2.17. The van der Waals surface area contributed by atoms with E-state index in [2.05, 4.69) is 35.4 Å². The molecule has 1 amide bonds. The first-order valence-electron chi connectivity index (χ1n) is 11.1. The number of halogens is 1. The summed E-state index contributed by atoms with van der Waals surface area (Å²) in [6, 6.07) is 8.58. The van der Waals surface area contributed by atoms with Crippen molar-refractivity contribution in [2.24, 2.45) is 4.99 Å². The van der Waals surface area contributed by atoms with Crippen molar-refractivity contribution in [3.8, 4) is 0 Å². The van der Waals surface area contributed by atoms with Gasteiger partial charge in [-0.1, -0.05) is 18.6 Å². The normalized spacial score (nSPS) is 17.2. The van der Waals surface area contributed by atoms with Crippen molar-refractivity contribution in [2.45, 2.75) is 52.0 Å². The number of hydrogen-bond acceptors (Lipinski definition) is 3. The Kier molecular flexibility index (Phi) is 13.0. The lowest BCUT2D eigenvalue weighted by Gasteiger charge is -2.33. The Labute approximate surface area is 199 Å². The molecule has 1 aliphatic heterocycles. The van der Waals surface area contributed by atoms with Gasteiger partial charge in [0.15, 0.2) is 5.96 Å². The minimum atomic E-state index is 0. The third-order valence-electron chi connectivity index (χ3n) is 5.44. The second-order valence-corrected chi connectivity index (χ2v) is 8.07. The van der Waals surface area contributed by atoms with E-state index in [9.17, 15) is 4.79 Å². The van der Waals surface area contributed by atoms with E-state index in [-0.39, 0.29) is 29.9 Å². The van der Waals surface area contributed by atoms with E-state index >= 15 is 0 Å². The highest BCUT2D eigenvalue weighted by atomic mass is 127. The number of carbonyl (C=O) groups is 1. The fraction of sp³-hybridized carbons (Fsp3) is 0.652. The molecule has 1 atom stereocenters. The lowest BCUT2D eigenvalue weighted by molar-refractivity contribution is 0.0827. The molecule has 1 unspecified atom stereocenters. The van der Waals surface area contributed by atoms with Gasteiger partial charge in [0, 0.05) is 51.9 Å². The van der Waals surface area contributed by atoms with E-state index in [1.165, 1.54) is 25.8 Å². The van der Waals surface area contributed by atoms with Crippen molar-refractivity contribution in [1.29, 1.82) is 0 Å². The lowest BCUT2D eigenvalue weighted by Crippen LogP contribution is -2.39. The molecule has 30 heavy (non-hydrogen) atoms. The van der Waals surface area contributed by atoms with Gasteiger partial charge in [0.05, 0.1) is 0 Å². The van der Waals surface area contributed by atoms with Crippen molar-refractivity contribution in [2.75, 3.05) is 46.8 Å². The third-order valence-corrected chi connectivity index (χ3v) is 5.44. The second kappa shape index (κ2) is 14.6. The fourth-order valence-electron chi connectivity index (χ4n) is 3.74. The lowest BCUT2D eigenvalue weighted by atomic mass is 10.0. The van der Waals surface area contributed by atoms with E-state index in [1.807, 2.05) is 18.2 Å². The van der Waals surface area contributed by atoms with Gasteiger partial charge in [-0.25, -0.2) is 0 Å². The predicted molar refractivity (Wildman–Crippen MR) is 137 cm³/mol. The first-order valence-corrected chi connectivity index (χ1v) is 11.1. The number of likely N-dealkylation sites (tertiary alicyclic amines) is 1. The Morgan fingerprint density at radius 2 is 2.07 bits per heavy atom. The summed E-state index contributed by atoms with van der Waals surface area (Å²) in [6.07, 6.45) is 5.98. The highest BCUT2D eigenvalue weighted by molar-refractivity contribution is 14.0. The van der Waals surface area contributed by atoms with Crippen LogP contribution in [0.5, 0.6) is 0 Å². The Morgan fingerprint density at radius 3 is 2.77 bits per heavy atom. The van der Waals surface area contributed by atoms with Crippen molar-refractivity contribution in [3.63, 3.8) is 0 Å². The highest BCUT2D eigenvalue weighted by Crippen LogP contribution is 2.16. The molecule has 1 aromatic rings. The summed E-state index contributed by atoms with van der Waals surface area (Å²) in [6.45, 7) is 9.27. The van der Waals surface area contributed by atoms with Crippen LogP contribution in [0.1, 0.15) is 55.5 Å². The maximum atomic E-state index is 12.1. The molecular formula is C23H40IN5O. The van der Waals surface area contributed by atoms with Crippen LogP contribution in [0.2, 0.25) is 0 Å². The van der Waals surface area contributed by atoms with Crippen LogP contribution < -0.4 is 10.6 Å². The molecule has 6 nitrogen and oxygen atoms in total. The standard InChI is InChI=1S/C23H39N5O.HI/c1-5-24-23(25-14-9-17-28-16-7-6-10-19(28)2)26-15-13-20-11-8-12-21(18-20)22(29)27(3)4;/h8,11-12,18-19H,5-7,9-10,13-17H2,1-4H3,(H2,24,25,26);1H. The molecule has 2 rings (SSSR count). The number of nitrogens with one attached hydrogen (secondary N) is 2. The number of rotatable bonds is 9. The smallest absolute Gasteiger partial charge is 0.253 e. The quantitative estimate of drug-likeness (QED) is 0.223. The summed E-state index contributed by atoms with van der Waals surface area (Å²) in [4.78, 5) is 21.1. The molecule has 1 fully saturated rings. The average molecular weight is 530 g/mol. The molecule has 1 aliphatic rings. The maximum Gasteiger partial charge on any atom is 0.253 e. The third kappa shape index (κ3) is 9.20. The number of hydrogen-bond donors (Lipinski definition) is 2. The van der Waals surface area contributed by atoms with Gasteiger partial charge in [-0.15, -0.1) is 24.0 Å². The van der Waals surface area contributed by atoms with Gasteiger partial charge < -0.3 is 20.4 Å². The number of piperidine rings is 1. The molecule has 0 spiro atoms. The number of aliphatic imine (C=N–C) groups is 1. The van der Waals surface area contributed by atoms with Gasteiger partial charge in [-0.3, -0.25) is 9.79 Å². The van der Waals surface area contributed by atoms with E-state index < -0.39 is 0 Å². The van der Waals surface area contributed by atoms with E-state index in [4.69, 9.17) is 4.99 Å².